The van der Waals surface area contributed by atoms with Crippen LogP contribution in [-0.4, -0.2) is 31.7 Å². The van der Waals surface area contributed by atoms with Crippen molar-refractivity contribution in [1.82, 2.24) is 4.98 Å². The van der Waals surface area contributed by atoms with Gasteiger partial charge in [0.15, 0.2) is 0 Å². The number of aromatic nitrogens is 1. The molecule has 1 heterocycles. The van der Waals surface area contributed by atoms with E-state index in [-0.39, 0.29) is 0 Å². The van der Waals surface area contributed by atoms with Crippen molar-refractivity contribution in [2.45, 2.75) is 13.8 Å². The Bertz CT molecular complexity index is 315. The second-order valence-electron chi connectivity index (χ2n) is 4.17. The molecule has 4 heteroatoms. The molecule has 0 atom stereocenters. The third-order valence-electron chi connectivity index (χ3n) is 2.23. The lowest BCUT2D eigenvalue weighted by Crippen LogP contribution is -2.33. The van der Waals surface area contributed by atoms with Gasteiger partial charge in [0, 0.05) is 25.7 Å². The Morgan fingerprint density at radius 2 is 2.19 bits per heavy atom. The molecule has 2 N–H and O–H groups in total. The zero-order valence-electron chi connectivity index (χ0n) is 10.3. The SMILES string of the molecule is COc1cccc(N(CCN)CC(C)C)n1. The lowest BCUT2D eigenvalue weighted by Gasteiger charge is -2.25. The van der Waals surface area contributed by atoms with Crippen LogP contribution in [-0.2, 0) is 0 Å². The first kappa shape index (κ1) is 12.8. The van der Waals surface area contributed by atoms with Crippen LogP contribution in [0.1, 0.15) is 13.8 Å². The average Bonchev–Trinajstić information content (AvgIpc) is 2.28. The third kappa shape index (κ3) is 3.70. The molecule has 0 aliphatic carbocycles. The minimum Gasteiger partial charge on any atom is -0.481 e. The monoisotopic (exact) mass is 223 g/mol. The Morgan fingerprint density at radius 3 is 2.75 bits per heavy atom. The highest BCUT2D eigenvalue weighted by Crippen LogP contribution is 2.16. The molecule has 0 aliphatic rings. The number of methoxy groups -OCH3 is 1. The Kier molecular flexibility index (Phi) is 5.05. The molecule has 90 valence electrons. The molecule has 0 radical (unpaired) electrons. The molecule has 0 aromatic carbocycles. The van der Waals surface area contributed by atoms with Crippen LogP contribution in [0, 0.1) is 5.92 Å². The van der Waals surface area contributed by atoms with Gasteiger partial charge in [-0.05, 0) is 12.0 Å². The zero-order valence-corrected chi connectivity index (χ0v) is 10.3. The van der Waals surface area contributed by atoms with Crippen LogP contribution in [0.5, 0.6) is 5.88 Å². The number of anilines is 1. The number of hydrogen-bond acceptors (Lipinski definition) is 4. The zero-order chi connectivity index (χ0) is 12.0. The minimum atomic E-state index is 0.583. The van der Waals surface area contributed by atoms with E-state index in [0.29, 0.717) is 18.3 Å². The molecular formula is C12H21N3O. The topological polar surface area (TPSA) is 51.4 Å². The molecular weight excluding hydrogens is 202 g/mol. The number of nitrogens with zero attached hydrogens (tertiary/aromatic N) is 2. The van der Waals surface area contributed by atoms with Crippen molar-refractivity contribution in [2.75, 3.05) is 31.6 Å². The minimum absolute atomic E-state index is 0.583. The Hall–Kier alpha value is -1.29. The highest BCUT2D eigenvalue weighted by atomic mass is 16.5. The first-order valence-corrected chi connectivity index (χ1v) is 5.63. The van der Waals surface area contributed by atoms with Gasteiger partial charge in [0.25, 0.3) is 0 Å². The van der Waals surface area contributed by atoms with Gasteiger partial charge in [-0.15, -0.1) is 0 Å². The number of ether oxygens (including phenoxy) is 1. The van der Waals surface area contributed by atoms with Crippen molar-refractivity contribution in [3.8, 4) is 5.88 Å². The van der Waals surface area contributed by atoms with Crippen LogP contribution in [0.25, 0.3) is 0 Å². The molecule has 16 heavy (non-hydrogen) atoms. The van der Waals surface area contributed by atoms with Crippen molar-refractivity contribution >= 4 is 5.82 Å². The number of rotatable bonds is 6. The lowest BCUT2D eigenvalue weighted by atomic mass is 10.2. The first-order chi connectivity index (χ1) is 7.67. The molecule has 0 unspecified atom stereocenters. The summed E-state index contributed by atoms with van der Waals surface area (Å²) >= 11 is 0. The summed E-state index contributed by atoms with van der Waals surface area (Å²) in [6, 6.07) is 5.78. The predicted octanol–water partition coefficient (Wildman–Crippen LogP) is 1.51. The molecule has 0 spiro atoms. The highest BCUT2D eigenvalue weighted by Gasteiger charge is 2.09. The fraction of sp³-hybridized carbons (Fsp3) is 0.583. The number of nitrogens with two attached hydrogens (primary N) is 1. The fourth-order valence-electron chi connectivity index (χ4n) is 1.59. The van der Waals surface area contributed by atoms with E-state index in [9.17, 15) is 0 Å². The van der Waals surface area contributed by atoms with Gasteiger partial charge in [-0.3, -0.25) is 0 Å². The van der Waals surface area contributed by atoms with Crippen LogP contribution in [0.15, 0.2) is 18.2 Å². The van der Waals surface area contributed by atoms with Crippen LogP contribution >= 0.6 is 0 Å². The van der Waals surface area contributed by atoms with Crippen molar-refractivity contribution in [3.05, 3.63) is 18.2 Å². The molecule has 1 rings (SSSR count). The van der Waals surface area contributed by atoms with Crippen molar-refractivity contribution in [2.24, 2.45) is 11.7 Å². The summed E-state index contributed by atoms with van der Waals surface area (Å²) < 4.78 is 5.12. The summed E-state index contributed by atoms with van der Waals surface area (Å²) in [4.78, 5) is 6.60. The van der Waals surface area contributed by atoms with Crippen LogP contribution in [0.4, 0.5) is 5.82 Å². The summed E-state index contributed by atoms with van der Waals surface area (Å²) in [7, 11) is 1.63. The van der Waals surface area contributed by atoms with Gasteiger partial charge < -0.3 is 15.4 Å². The summed E-state index contributed by atoms with van der Waals surface area (Å²) in [6.07, 6.45) is 0. The maximum atomic E-state index is 5.61. The molecule has 0 fully saturated rings. The van der Waals surface area contributed by atoms with Gasteiger partial charge in [0.1, 0.15) is 5.82 Å². The van der Waals surface area contributed by atoms with Gasteiger partial charge in [0.2, 0.25) is 5.88 Å². The standard InChI is InChI=1S/C12H21N3O/c1-10(2)9-15(8-7-13)11-5-4-6-12(14-11)16-3/h4-6,10H,7-9,13H2,1-3H3. The van der Waals surface area contributed by atoms with Crippen LogP contribution in [0.2, 0.25) is 0 Å². The molecule has 1 aromatic heterocycles. The Labute approximate surface area is 97.4 Å². The highest BCUT2D eigenvalue weighted by molar-refractivity contribution is 5.40. The summed E-state index contributed by atoms with van der Waals surface area (Å²) in [5.74, 6) is 2.15. The molecule has 0 amide bonds. The van der Waals surface area contributed by atoms with Crippen molar-refractivity contribution in [3.63, 3.8) is 0 Å². The smallest absolute Gasteiger partial charge is 0.214 e. The molecule has 4 nitrogen and oxygen atoms in total. The van der Waals surface area contributed by atoms with Crippen LogP contribution < -0.4 is 15.4 Å². The molecule has 0 saturated carbocycles. The number of pyridine rings is 1. The maximum absolute atomic E-state index is 5.61. The van der Waals surface area contributed by atoms with Crippen LogP contribution in [0.3, 0.4) is 0 Å². The first-order valence-electron chi connectivity index (χ1n) is 5.63. The van der Waals surface area contributed by atoms with Gasteiger partial charge in [-0.25, -0.2) is 0 Å². The summed E-state index contributed by atoms with van der Waals surface area (Å²) in [6.45, 7) is 6.77. The van der Waals surface area contributed by atoms with Crippen molar-refractivity contribution < 1.29 is 4.74 Å². The second-order valence-corrected chi connectivity index (χ2v) is 4.17. The van der Waals surface area contributed by atoms with Crippen molar-refractivity contribution in [1.29, 1.82) is 0 Å². The van der Waals surface area contributed by atoms with Gasteiger partial charge in [0.05, 0.1) is 7.11 Å². The van der Waals surface area contributed by atoms with Gasteiger partial charge >= 0.3 is 0 Å². The average molecular weight is 223 g/mol. The quantitative estimate of drug-likeness (QED) is 0.794. The Balaban J connectivity index is 2.82. The van der Waals surface area contributed by atoms with E-state index in [4.69, 9.17) is 10.5 Å². The molecule has 0 bridgehead atoms. The summed E-state index contributed by atoms with van der Waals surface area (Å²) in [5, 5.41) is 0. The molecule has 0 saturated heterocycles. The molecule has 1 aromatic rings. The second kappa shape index (κ2) is 6.33. The predicted molar refractivity (Wildman–Crippen MR) is 66.9 cm³/mol. The number of hydrogen-bond donors (Lipinski definition) is 1. The van der Waals surface area contributed by atoms with E-state index >= 15 is 0 Å². The third-order valence-corrected chi connectivity index (χ3v) is 2.23. The van der Waals surface area contributed by atoms with E-state index in [1.165, 1.54) is 0 Å². The van der Waals surface area contributed by atoms with Gasteiger partial charge in [-0.2, -0.15) is 4.98 Å². The summed E-state index contributed by atoms with van der Waals surface area (Å²) in [5.41, 5.74) is 5.61. The molecule has 0 aliphatic heterocycles. The fourth-order valence-corrected chi connectivity index (χ4v) is 1.59. The van der Waals surface area contributed by atoms with E-state index in [2.05, 4.69) is 23.7 Å². The Morgan fingerprint density at radius 1 is 1.44 bits per heavy atom. The van der Waals surface area contributed by atoms with E-state index in [1.54, 1.807) is 7.11 Å². The van der Waals surface area contributed by atoms with E-state index in [1.807, 2.05) is 18.2 Å². The maximum Gasteiger partial charge on any atom is 0.214 e. The largest absolute Gasteiger partial charge is 0.481 e. The van der Waals surface area contributed by atoms with Gasteiger partial charge in [-0.1, -0.05) is 19.9 Å². The lowest BCUT2D eigenvalue weighted by molar-refractivity contribution is 0.397. The van der Waals surface area contributed by atoms with E-state index in [0.717, 1.165) is 18.9 Å². The normalized spacial score (nSPS) is 10.6. The van der Waals surface area contributed by atoms with E-state index < -0.39 is 0 Å².